The van der Waals surface area contributed by atoms with Gasteiger partial charge in [0.2, 0.25) is 10.0 Å². The second-order valence-electron chi connectivity index (χ2n) is 5.36. The number of hydrogen-bond donors (Lipinski definition) is 0. The molecule has 1 unspecified atom stereocenters. The second-order valence-corrected chi connectivity index (χ2v) is 8.25. The van der Waals surface area contributed by atoms with Crippen LogP contribution in [-0.2, 0) is 16.4 Å². The quantitative estimate of drug-likeness (QED) is 0.848. The number of methoxy groups -OCH3 is 2. The van der Waals surface area contributed by atoms with E-state index in [0.29, 0.717) is 18.0 Å². The van der Waals surface area contributed by atoms with Crippen molar-refractivity contribution in [1.29, 1.82) is 0 Å². The van der Waals surface area contributed by atoms with Gasteiger partial charge in [-0.15, -0.1) is 11.3 Å². The predicted molar refractivity (Wildman–Crippen MR) is 89.9 cm³/mol. The van der Waals surface area contributed by atoms with E-state index >= 15 is 0 Å². The van der Waals surface area contributed by atoms with Gasteiger partial charge in [-0.1, -0.05) is 0 Å². The minimum Gasteiger partial charge on any atom is -0.493 e. The van der Waals surface area contributed by atoms with E-state index in [1.165, 1.54) is 25.2 Å². The van der Waals surface area contributed by atoms with Gasteiger partial charge < -0.3 is 9.47 Å². The topological polar surface area (TPSA) is 55.8 Å². The molecule has 124 valence electrons. The summed E-state index contributed by atoms with van der Waals surface area (Å²) in [5, 5.41) is 2.02. The smallest absolute Gasteiger partial charge is 0.243 e. The molecule has 1 aromatic heterocycles. The van der Waals surface area contributed by atoms with Gasteiger partial charge in [0.05, 0.1) is 19.1 Å². The van der Waals surface area contributed by atoms with Crippen molar-refractivity contribution in [2.75, 3.05) is 20.8 Å². The molecule has 0 N–H and O–H groups in total. The molecule has 0 radical (unpaired) electrons. The minimum absolute atomic E-state index is 0.164. The highest BCUT2D eigenvalue weighted by Crippen LogP contribution is 2.38. The van der Waals surface area contributed by atoms with Crippen molar-refractivity contribution in [2.45, 2.75) is 24.3 Å². The summed E-state index contributed by atoms with van der Waals surface area (Å²) in [6.45, 7) is 2.42. The van der Waals surface area contributed by atoms with Crippen molar-refractivity contribution in [1.82, 2.24) is 4.31 Å². The van der Waals surface area contributed by atoms with Crippen LogP contribution >= 0.6 is 11.3 Å². The lowest BCUT2D eigenvalue weighted by atomic mass is 10.0. The van der Waals surface area contributed by atoms with Gasteiger partial charge in [0.15, 0.2) is 11.5 Å². The highest BCUT2D eigenvalue weighted by Gasteiger charge is 2.34. The lowest BCUT2D eigenvalue weighted by molar-refractivity contribution is 0.328. The number of benzene rings is 1. The van der Waals surface area contributed by atoms with Crippen molar-refractivity contribution in [3.63, 3.8) is 0 Å². The molecule has 2 heterocycles. The zero-order valence-corrected chi connectivity index (χ0v) is 14.9. The second kappa shape index (κ2) is 6.14. The summed E-state index contributed by atoms with van der Waals surface area (Å²) < 4.78 is 38.0. The monoisotopic (exact) mass is 353 g/mol. The van der Waals surface area contributed by atoms with Crippen LogP contribution < -0.4 is 9.47 Å². The van der Waals surface area contributed by atoms with Gasteiger partial charge >= 0.3 is 0 Å². The van der Waals surface area contributed by atoms with E-state index in [9.17, 15) is 8.42 Å². The Morgan fingerprint density at radius 3 is 2.61 bits per heavy atom. The first-order valence-corrected chi connectivity index (χ1v) is 9.61. The molecule has 0 amide bonds. The Balaban J connectivity index is 1.99. The van der Waals surface area contributed by atoms with Crippen LogP contribution in [0.4, 0.5) is 0 Å². The molecule has 0 saturated carbocycles. The van der Waals surface area contributed by atoms with Crippen LogP contribution in [0.3, 0.4) is 0 Å². The van der Waals surface area contributed by atoms with Crippen molar-refractivity contribution in [3.8, 4) is 11.5 Å². The number of thiophene rings is 1. The maximum absolute atomic E-state index is 13.0. The Morgan fingerprint density at radius 1 is 1.17 bits per heavy atom. The highest BCUT2D eigenvalue weighted by molar-refractivity contribution is 7.89. The maximum atomic E-state index is 13.0. The third-order valence-corrected chi connectivity index (χ3v) is 7.15. The van der Waals surface area contributed by atoms with Crippen molar-refractivity contribution in [2.24, 2.45) is 0 Å². The van der Waals surface area contributed by atoms with E-state index in [0.717, 1.165) is 12.0 Å². The Morgan fingerprint density at radius 2 is 1.91 bits per heavy atom. The van der Waals surface area contributed by atoms with Gasteiger partial charge in [-0.25, -0.2) is 8.42 Å². The fraction of sp³-hybridized carbons (Fsp3) is 0.375. The molecular formula is C16H19NO4S2. The van der Waals surface area contributed by atoms with Gasteiger partial charge in [0, 0.05) is 23.5 Å². The van der Waals surface area contributed by atoms with E-state index in [-0.39, 0.29) is 10.9 Å². The molecule has 5 nitrogen and oxygen atoms in total. The molecule has 0 fully saturated rings. The Hall–Kier alpha value is -1.57. The van der Waals surface area contributed by atoms with Gasteiger partial charge in [-0.05, 0) is 42.5 Å². The first kappa shape index (κ1) is 16.3. The maximum Gasteiger partial charge on any atom is 0.243 e. The summed E-state index contributed by atoms with van der Waals surface area (Å²) in [5.41, 5.74) is 1.10. The minimum atomic E-state index is -3.59. The van der Waals surface area contributed by atoms with E-state index < -0.39 is 10.0 Å². The van der Waals surface area contributed by atoms with E-state index in [1.54, 1.807) is 27.8 Å². The predicted octanol–water partition coefficient (Wildman–Crippen LogP) is 3.07. The lowest BCUT2D eigenvalue weighted by Gasteiger charge is -2.32. The molecule has 0 saturated heterocycles. The molecule has 0 aliphatic carbocycles. The Bertz CT molecular complexity index is 813. The van der Waals surface area contributed by atoms with Gasteiger partial charge in [-0.3, -0.25) is 0 Å². The molecule has 23 heavy (non-hydrogen) atoms. The van der Waals surface area contributed by atoms with Crippen LogP contribution in [0.2, 0.25) is 0 Å². The zero-order valence-electron chi connectivity index (χ0n) is 13.3. The van der Waals surface area contributed by atoms with Crippen LogP contribution in [0.5, 0.6) is 11.5 Å². The van der Waals surface area contributed by atoms with Crippen LogP contribution in [-0.4, -0.2) is 33.5 Å². The third-order valence-electron chi connectivity index (χ3n) is 4.18. The molecule has 0 spiro atoms. The molecule has 1 aliphatic heterocycles. The Kier molecular flexibility index (Phi) is 4.35. The average Bonchev–Trinajstić information content (AvgIpc) is 3.03. The van der Waals surface area contributed by atoms with E-state index in [1.807, 2.05) is 18.4 Å². The van der Waals surface area contributed by atoms with Gasteiger partial charge in [0.25, 0.3) is 0 Å². The van der Waals surface area contributed by atoms with Crippen LogP contribution in [0.1, 0.15) is 23.4 Å². The number of nitrogens with zero attached hydrogens (tertiary/aromatic N) is 1. The van der Waals surface area contributed by atoms with Gasteiger partial charge in [0.1, 0.15) is 0 Å². The van der Waals surface area contributed by atoms with Crippen molar-refractivity contribution < 1.29 is 17.9 Å². The fourth-order valence-electron chi connectivity index (χ4n) is 2.93. The highest BCUT2D eigenvalue weighted by atomic mass is 32.2. The summed E-state index contributed by atoms with van der Waals surface area (Å²) in [6, 6.07) is 6.55. The number of ether oxygens (including phenoxy) is 2. The molecular weight excluding hydrogens is 334 g/mol. The van der Waals surface area contributed by atoms with E-state index in [4.69, 9.17) is 9.47 Å². The van der Waals surface area contributed by atoms with Crippen molar-refractivity contribution in [3.05, 3.63) is 40.1 Å². The largest absolute Gasteiger partial charge is 0.493 e. The first-order valence-electron chi connectivity index (χ1n) is 7.29. The zero-order chi connectivity index (χ0) is 16.6. The average molecular weight is 353 g/mol. The Labute approximate surface area is 140 Å². The number of fused-ring (bicyclic) bond motifs is 1. The molecule has 7 heteroatoms. The number of sulfonamides is 1. The molecule has 2 aromatic rings. The molecule has 1 aromatic carbocycles. The summed E-state index contributed by atoms with van der Waals surface area (Å²) in [6.07, 6.45) is 0.754. The third kappa shape index (κ3) is 2.73. The molecule has 0 bridgehead atoms. The van der Waals surface area contributed by atoms with Crippen molar-refractivity contribution >= 4 is 21.4 Å². The number of hydrogen-bond acceptors (Lipinski definition) is 5. The normalized spacial score (nSPS) is 18.5. The fourth-order valence-corrected chi connectivity index (χ4v) is 5.52. The number of rotatable bonds is 4. The summed E-state index contributed by atoms with van der Waals surface area (Å²) in [7, 11) is -0.567. The van der Waals surface area contributed by atoms with Gasteiger partial charge in [-0.2, -0.15) is 4.31 Å². The summed E-state index contributed by atoms with van der Waals surface area (Å²) >= 11 is 1.69. The lowest BCUT2D eigenvalue weighted by Crippen LogP contribution is -2.38. The van der Waals surface area contributed by atoms with E-state index in [2.05, 4.69) is 0 Å². The standard InChI is InChI=1S/C16H19NO4S2/c1-11-13-7-9-22-16(13)6-8-17(11)23(18,19)12-4-5-14(20-2)15(10-12)21-3/h4-5,7,9-11H,6,8H2,1-3H3. The molecule has 1 aliphatic rings. The van der Waals surface area contributed by atoms with Crippen LogP contribution in [0, 0.1) is 0 Å². The van der Waals surface area contributed by atoms with Crippen LogP contribution in [0.25, 0.3) is 0 Å². The van der Waals surface area contributed by atoms with Crippen LogP contribution in [0.15, 0.2) is 34.5 Å². The SMILES string of the molecule is COc1ccc(S(=O)(=O)N2CCc3sccc3C2C)cc1OC. The molecule has 3 rings (SSSR count). The molecule has 1 atom stereocenters. The first-order chi connectivity index (χ1) is 11.0. The summed E-state index contributed by atoms with van der Waals surface area (Å²) in [4.78, 5) is 1.50. The summed E-state index contributed by atoms with van der Waals surface area (Å²) in [5.74, 6) is 0.924.